The molecule has 36 heavy (non-hydrogen) atoms. The second-order valence-corrected chi connectivity index (χ2v) is 8.38. The van der Waals surface area contributed by atoms with Crippen molar-refractivity contribution in [3.05, 3.63) is 94.6 Å². The van der Waals surface area contributed by atoms with Crippen LogP contribution in [-0.2, 0) is 16.2 Å². The first kappa shape index (κ1) is 24.6. The molecule has 0 aromatic heterocycles. The van der Waals surface area contributed by atoms with E-state index in [-0.39, 0.29) is 22.9 Å². The van der Waals surface area contributed by atoms with Crippen LogP contribution in [-0.4, -0.2) is 35.1 Å². The summed E-state index contributed by atoms with van der Waals surface area (Å²) < 4.78 is 11.3. The van der Waals surface area contributed by atoms with Gasteiger partial charge in [-0.2, -0.15) is 0 Å². The minimum absolute atomic E-state index is 0.0189. The van der Waals surface area contributed by atoms with Crippen LogP contribution in [0.15, 0.2) is 72.3 Å². The number of amides is 2. The van der Waals surface area contributed by atoms with Gasteiger partial charge in [-0.05, 0) is 78.3 Å². The van der Waals surface area contributed by atoms with Gasteiger partial charge in [0.1, 0.15) is 12.2 Å². The Balaban J connectivity index is 1.56. The maximum atomic E-state index is 13.2. The van der Waals surface area contributed by atoms with Gasteiger partial charge in [-0.15, -0.1) is 0 Å². The van der Waals surface area contributed by atoms with E-state index in [2.05, 4.69) is 5.32 Å². The Labute approximate surface area is 212 Å². The predicted molar refractivity (Wildman–Crippen MR) is 138 cm³/mol. The molecule has 1 heterocycles. The van der Waals surface area contributed by atoms with Crippen molar-refractivity contribution < 1.29 is 29.0 Å². The molecule has 3 aromatic carbocycles. The summed E-state index contributed by atoms with van der Waals surface area (Å²) >= 11 is 5.25. The van der Waals surface area contributed by atoms with Crippen molar-refractivity contribution in [2.75, 3.05) is 12.0 Å². The molecular weight excluding hydrogens is 480 g/mol. The molecule has 8 nitrogen and oxygen atoms in total. The first-order valence-corrected chi connectivity index (χ1v) is 11.3. The van der Waals surface area contributed by atoms with E-state index in [1.54, 1.807) is 36.4 Å². The molecule has 1 aliphatic heterocycles. The first-order chi connectivity index (χ1) is 17.3. The second-order valence-electron chi connectivity index (χ2n) is 8.00. The fraction of sp³-hybridized carbons (Fsp3) is 0.111. The van der Waals surface area contributed by atoms with Crippen LogP contribution in [0.5, 0.6) is 11.5 Å². The minimum Gasteiger partial charge on any atom is -0.493 e. The van der Waals surface area contributed by atoms with Gasteiger partial charge in [0.05, 0.1) is 18.4 Å². The molecule has 1 saturated heterocycles. The van der Waals surface area contributed by atoms with Crippen molar-refractivity contribution in [3.63, 3.8) is 0 Å². The van der Waals surface area contributed by atoms with Crippen LogP contribution in [0.2, 0.25) is 0 Å². The third-order valence-electron chi connectivity index (χ3n) is 5.46. The molecule has 0 atom stereocenters. The molecule has 3 aromatic rings. The monoisotopic (exact) mass is 502 g/mol. The number of carbonyl (C=O) groups excluding carboxylic acids is 2. The Kier molecular flexibility index (Phi) is 7.12. The lowest BCUT2D eigenvalue weighted by molar-refractivity contribution is -0.122. The number of carbonyl (C=O) groups is 3. The average Bonchev–Trinajstić information content (AvgIpc) is 2.85. The molecule has 182 valence electrons. The van der Waals surface area contributed by atoms with Crippen molar-refractivity contribution in [1.29, 1.82) is 0 Å². The number of nitrogens with zero attached hydrogens (tertiary/aromatic N) is 1. The molecule has 0 saturated carbocycles. The van der Waals surface area contributed by atoms with Crippen molar-refractivity contribution in [3.8, 4) is 11.5 Å². The summed E-state index contributed by atoms with van der Waals surface area (Å²) in [6.07, 6.45) is 1.47. The second kappa shape index (κ2) is 10.4. The first-order valence-electron chi connectivity index (χ1n) is 10.9. The SMILES string of the molecule is COc1cc(/C=C2/C(=O)NC(=S)N(c3cccc(C)c3)C2=O)ccc1OCc1ccc(C(=O)O)cc1. The molecule has 9 heteroatoms. The van der Waals surface area contributed by atoms with Crippen LogP contribution in [0.1, 0.15) is 27.0 Å². The van der Waals surface area contributed by atoms with Crippen LogP contribution < -0.4 is 19.7 Å². The number of carboxylic acids is 1. The predicted octanol–water partition coefficient (Wildman–Crippen LogP) is 4.11. The number of benzene rings is 3. The molecule has 0 unspecified atom stereocenters. The smallest absolute Gasteiger partial charge is 0.335 e. The molecule has 2 amide bonds. The highest BCUT2D eigenvalue weighted by atomic mass is 32.1. The van der Waals surface area contributed by atoms with Crippen LogP contribution in [0, 0.1) is 6.92 Å². The molecule has 4 rings (SSSR count). The Morgan fingerprint density at radius 2 is 1.81 bits per heavy atom. The lowest BCUT2D eigenvalue weighted by Crippen LogP contribution is -2.54. The number of aryl methyl sites for hydroxylation is 1. The lowest BCUT2D eigenvalue weighted by Gasteiger charge is -2.29. The summed E-state index contributed by atoms with van der Waals surface area (Å²) in [5.74, 6) is -1.26. The summed E-state index contributed by atoms with van der Waals surface area (Å²) in [6.45, 7) is 2.10. The van der Waals surface area contributed by atoms with Crippen LogP contribution in [0.4, 0.5) is 5.69 Å². The van der Waals surface area contributed by atoms with E-state index < -0.39 is 17.8 Å². The zero-order chi connectivity index (χ0) is 25.8. The Bertz CT molecular complexity index is 1400. The minimum atomic E-state index is -0.997. The van der Waals surface area contributed by atoms with E-state index in [0.29, 0.717) is 22.7 Å². The molecule has 2 N–H and O–H groups in total. The maximum absolute atomic E-state index is 13.2. The molecule has 0 radical (unpaired) electrons. The van der Waals surface area contributed by atoms with Gasteiger partial charge < -0.3 is 14.6 Å². The Hall–Kier alpha value is -4.50. The molecular formula is C27H22N2O6S. The van der Waals surface area contributed by atoms with Gasteiger partial charge in [-0.25, -0.2) is 4.79 Å². The summed E-state index contributed by atoms with van der Waals surface area (Å²) in [6, 6.07) is 18.6. The van der Waals surface area contributed by atoms with Crippen LogP contribution in [0.25, 0.3) is 6.08 Å². The van der Waals surface area contributed by atoms with Gasteiger partial charge in [-0.3, -0.25) is 19.8 Å². The van der Waals surface area contributed by atoms with Gasteiger partial charge in [-0.1, -0.05) is 30.3 Å². The van der Waals surface area contributed by atoms with Crippen molar-refractivity contribution in [1.82, 2.24) is 5.32 Å². The number of nitrogens with one attached hydrogen (secondary N) is 1. The highest BCUT2D eigenvalue weighted by Crippen LogP contribution is 2.30. The third-order valence-corrected chi connectivity index (χ3v) is 5.74. The normalized spacial score (nSPS) is 14.6. The number of carboxylic acid groups (broad SMARTS) is 1. The highest BCUT2D eigenvalue weighted by molar-refractivity contribution is 7.80. The number of methoxy groups -OCH3 is 1. The zero-order valence-corrected chi connectivity index (χ0v) is 20.3. The Morgan fingerprint density at radius 3 is 2.47 bits per heavy atom. The zero-order valence-electron chi connectivity index (χ0n) is 19.5. The topological polar surface area (TPSA) is 105 Å². The number of anilines is 1. The fourth-order valence-corrected chi connectivity index (χ4v) is 3.90. The van der Waals surface area contributed by atoms with Crippen molar-refractivity contribution in [2.45, 2.75) is 13.5 Å². The molecule has 0 aliphatic carbocycles. The molecule has 0 bridgehead atoms. The summed E-state index contributed by atoms with van der Waals surface area (Å²) in [5, 5.41) is 11.6. The largest absolute Gasteiger partial charge is 0.493 e. The quantitative estimate of drug-likeness (QED) is 0.285. The summed E-state index contributed by atoms with van der Waals surface area (Å²) in [4.78, 5) is 38.1. The maximum Gasteiger partial charge on any atom is 0.335 e. The lowest BCUT2D eigenvalue weighted by atomic mass is 10.1. The van der Waals surface area contributed by atoms with Gasteiger partial charge in [0.15, 0.2) is 16.6 Å². The standard InChI is InChI=1S/C27H22N2O6S/c1-16-4-3-5-20(12-16)29-25(31)21(24(30)28-27(29)36)13-18-8-11-22(23(14-18)34-2)35-15-17-6-9-19(10-7-17)26(32)33/h3-14H,15H2,1-2H3,(H,32,33)(H,28,30,36)/b21-13-. The Morgan fingerprint density at radius 1 is 1.06 bits per heavy atom. The van der Waals surface area contributed by atoms with Gasteiger partial charge in [0.25, 0.3) is 11.8 Å². The number of thiocarbonyl (C=S) groups is 1. The number of hydrogen-bond acceptors (Lipinski definition) is 6. The van der Waals surface area contributed by atoms with Gasteiger partial charge in [0, 0.05) is 0 Å². The van der Waals surface area contributed by atoms with Gasteiger partial charge in [0.2, 0.25) is 0 Å². The summed E-state index contributed by atoms with van der Waals surface area (Å²) in [5.41, 5.74) is 2.97. The summed E-state index contributed by atoms with van der Waals surface area (Å²) in [7, 11) is 1.48. The third kappa shape index (κ3) is 5.26. The van der Waals surface area contributed by atoms with E-state index >= 15 is 0 Å². The molecule has 1 fully saturated rings. The van der Waals surface area contributed by atoms with Gasteiger partial charge >= 0.3 is 5.97 Å². The number of rotatable bonds is 7. The highest BCUT2D eigenvalue weighted by Gasteiger charge is 2.34. The van der Waals surface area contributed by atoms with E-state index in [9.17, 15) is 14.4 Å². The number of hydrogen-bond donors (Lipinski definition) is 2. The number of aromatic carboxylic acids is 1. The molecule has 0 spiro atoms. The number of ether oxygens (including phenoxy) is 2. The molecule has 1 aliphatic rings. The van der Waals surface area contributed by atoms with Crippen molar-refractivity contribution in [2.24, 2.45) is 0 Å². The van der Waals surface area contributed by atoms with Crippen LogP contribution >= 0.6 is 12.2 Å². The fourth-order valence-electron chi connectivity index (χ4n) is 3.62. The van der Waals surface area contributed by atoms with Crippen LogP contribution in [0.3, 0.4) is 0 Å². The average molecular weight is 503 g/mol. The van der Waals surface area contributed by atoms with E-state index in [1.807, 2.05) is 25.1 Å². The van der Waals surface area contributed by atoms with E-state index in [1.165, 1.54) is 30.2 Å². The van der Waals surface area contributed by atoms with E-state index in [4.69, 9.17) is 26.8 Å². The van der Waals surface area contributed by atoms with Crippen molar-refractivity contribution >= 4 is 46.9 Å². The van der Waals surface area contributed by atoms with E-state index in [0.717, 1.165) is 11.1 Å².